The molecular weight excluding hydrogens is 396 g/mol. The highest BCUT2D eigenvalue weighted by atomic mass is 16.6. The lowest BCUT2D eigenvalue weighted by atomic mass is 10.1. The molecule has 176 valence electrons. The summed E-state index contributed by atoms with van der Waals surface area (Å²) in [6.07, 6.45) is 2.47. The number of hydrogen-bond acceptors (Lipinski definition) is 6. The molecule has 0 saturated carbocycles. The van der Waals surface area contributed by atoms with E-state index in [1.54, 1.807) is 11.9 Å². The van der Waals surface area contributed by atoms with Gasteiger partial charge in [-0.3, -0.25) is 9.89 Å². The Morgan fingerprint density at radius 1 is 1.16 bits per heavy atom. The quantitative estimate of drug-likeness (QED) is 0.367. The van der Waals surface area contributed by atoms with Gasteiger partial charge in [0, 0.05) is 58.3 Å². The summed E-state index contributed by atoms with van der Waals surface area (Å²) in [6.45, 7) is 15.5. The molecule has 0 spiro atoms. The molecule has 9 heteroatoms. The minimum Gasteiger partial charge on any atom is -0.444 e. The molecule has 1 saturated heterocycles. The van der Waals surface area contributed by atoms with Crippen LogP contribution < -0.4 is 10.6 Å². The fourth-order valence-electron chi connectivity index (χ4n) is 3.52. The van der Waals surface area contributed by atoms with Crippen molar-refractivity contribution >= 4 is 12.1 Å². The minimum atomic E-state index is -0.448. The summed E-state index contributed by atoms with van der Waals surface area (Å²) in [7, 11) is 1.78. The van der Waals surface area contributed by atoms with Gasteiger partial charge in [-0.1, -0.05) is 19.0 Å². The third-order valence-corrected chi connectivity index (χ3v) is 5.23. The van der Waals surface area contributed by atoms with Crippen molar-refractivity contribution in [3.8, 4) is 0 Å². The number of guanidine groups is 1. The molecule has 2 heterocycles. The maximum atomic E-state index is 12.2. The number of aliphatic imine (C=N–C) groups is 1. The second-order valence-electron chi connectivity index (χ2n) is 8.75. The molecule has 0 aromatic carbocycles. The van der Waals surface area contributed by atoms with Gasteiger partial charge in [-0.2, -0.15) is 0 Å². The van der Waals surface area contributed by atoms with Crippen LogP contribution in [0.1, 0.15) is 58.1 Å². The molecule has 1 aromatic rings. The highest BCUT2D eigenvalue weighted by Crippen LogP contribution is 2.15. The third-order valence-electron chi connectivity index (χ3n) is 5.23. The van der Waals surface area contributed by atoms with Crippen LogP contribution in [0.4, 0.5) is 4.79 Å². The van der Waals surface area contributed by atoms with Crippen molar-refractivity contribution in [2.75, 3.05) is 46.3 Å². The minimum absolute atomic E-state index is 0.214. The molecule has 0 atom stereocenters. The first-order valence-electron chi connectivity index (χ1n) is 11.4. The zero-order valence-corrected chi connectivity index (χ0v) is 20.1. The first kappa shape index (κ1) is 25.0. The van der Waals surface area contributed by atoms with Gasteiger partial charge >= 0.3 is 6.09 Å². The molecule has 9 nitrogen and oxygen atoms in total. The zero-order chi connectivity index (χ0) is 22.9. The fourth-order valence-corrected chi connectivity index (χ4v) is 3.52. The molecule has 1 aromatic heterocycles. The number of nitrogens with one attached hydrogen (secondary N) is 2. The van der Waals surface area contributed by atoms with Gasteiger partial charge in [0.2, 0.25) is 0 Å². The van der Waals surface area contributed by atoms with E-state index in [1.165, 1.54) is 0 Å². The predicted octanol–water partition coefficient (Wildman–Crippen LogP) is 2.41. The maximum Gasteiger partial charge on any atom is 0.410 e. The number of aryl methyl sites for hydroxylation is 2. The van der Waals surface area contributed by atoms with Gasteiger partial charge in [-0.25, -0.2) is 4.79 Å². The highest BCUT2D eigenvalue weighted by Gasteiger charge is 2.25. The molecule has 0 unspecified atom stereocenters. The van der Waals surface area contributed by atoms with Gasteiger partial charge < -0.3 is 24.8 Å². The Bertz CT molecular complexity index is 696. The number of nitrogens with zero attached hydrogens (tertiary/aromatic N) is 4. The normalized spacial score (nSPS) is 15.8. The van der Waals surface area contributed by atoms with Crippen LogP contribution in [0.5, 0.6) is 0 Å². The van der Waals surface area contributed by atoms with Gasteiger partial charge in [0.1, 0.15) is 11.4 Å². The number of hydrogen-bond donors (Lipinski definition) is 2. The van der Waals surface area contributed by atoms with Gasteiger partial charge in [0.05, 0.1) is 5.69 Å². The van der Waals surface area contributed by atoms with Crippen molar-refractivity contribution in [1.29, 1.82) is 0 Å². The Morgan fingerprint density at radius 3 is 2.45 bits per heavy atom. The third kappa shape index (κ3) is 8.05. The maximum absolute atomic E-state index is 12.2. The molecule has 1 amide bonds. The lowest BCUT2D eigenvalue weighted by Gasteiger charge is -2.35. The summed E-state index contributed by atoms with van der Waals surface area (Å²) >= 11 is 0. The zero-order valence-electron chi connectivity index (χ0n) is 20.1. The average molecular weight is 437 g/mol. The van der Waals surface area contributed by atoms with Gasteiger partial charge in [0.15, 0.2) is 5.96 Å². The van der Waals surface area contributed by atoms with E-state index in [0.717, 1.165) is 68.4 Å². The van der Waals surface area contributed by atoms with E-state index < -0.39 is 5.60 Å². The van der Waals surface area contributed by atoms with Crippen LogP contribution in [0.15, 0.2) is 9.52 Å². The first-order valence-corrected chi connectivity index (χ1v) is 11.4. The molecule has 1 aliphatic heterocycles. The monoisotopic (exact) mass is 436 g/mol. The van der Waals surface area contributed by atoms with E-state index in [9.17, 15) is 4.79 Å². The SMILES string of the molecule is CCc1noc(CC)c1CNC(=NC)NCCCN1CCN(C(=O)OC(C)(C)C)CC1. The van der Waals surface area contributed by atoms with E-state index in [-0.39, 0.29) is 6.09 Å². The summed E-state index contributed by atoms with van der Waals surface area (Å²) in [5, 5.41) is 10.9. The summed E-state index contributed by atoms with van der Waals surface area (Å²) in [5.41, 5.74) is 1.69. The molecule has 2 N–H and O–H groups in total. The van der Waals surface area contributed by atoms with Gasteiger partial charge in [0.25, 0.3) is 0 Å². The Morgan fingerprint density at radius 2 is 1.87 bits per heavy atom. The molecule has 0 radical (unpaired) electrons. The fraction of sp³-hybridized carbons (Fsp3) is 0.773. The molecule has 2 rings (SSSR count). The second-order valence-corrected chi connectivity index (χ2v) is 8.75. The van der Waals surface area contributed by atoms with Crippen molar-refractivity contribution in [3.63, 3.8) is 0 Å². The average Bonchev–Trinajstić information content (AvgIpc) is 3.14. The van der Waals surface area contributed by atoms with Crippen LogP contribution >= 0.6 is 0 Å². The lowest BCUT2D eigenvalue weighted by molar-refractivity contribution is 0.0145. The number of carbonyl (C=O) groups is 1. The van der Waals surface area contributed by atoms with E-state index >= 15 is 0 Å². The van der Waals surface area contributed by atoms with Crippen molar-refractivity contribution in [2.45, 2.75) is 66.0 Å². The van der Waals surface area contributed by atoms with Crippen molar-refractivity contribution in [1.82, 2.24) is 25.6 Å². The van der Waals surface area contributed by atoms with Crippen LogP contribution in [-0.4, -0.2) is 78.9 Å². The molecule has 1 aliphatic rings. The van der Waals surface area contributed by atoms with E-state index in [0.29, 0.717) is 19.6 Å². The Balaban J connectivity index is 1.66. The summed E-state index contributed by atoms with van der Waals surface area (Å²) < 4.78 is 10.9. The molecule has 31 heavy (non-hydrogen) atoms. The second kappa shape index (κ2) is 11.9. The van der Waals surface area contributed by atoms with E-state index in [4.69, 9.17) is 9.26 Å². The van der Waals surface area contributed by atoms with Gasteiger partial charge in [-0.05, 0) is 40.2 Å². The van der Waals surface area contributed by atoms with Crippen LogP contribution in [-0.2, 0) is 24.1 Å². The van der Waals surface area contributed by atoms with Crippen molar-refractivity contribution in [2.24, 2.45) is 4.99 Å². The van der Waals surface area contributed by atoms with Crippen LogP contribution in [0.3, 0.4) is 0 Å². The van der Waals surface area contributed by atoms with Crippen LogP contribution in [0, 0.1) is 0 Å². The molecule has 0 aliphatic carbocycles. The number of ether oxygens (including phenoxy) is 1. The summed E-state index contributed by atoms with van der Waals surface area (Å²) in [5.74, 6) is 1.71. The molecule has 1 fully saturated rings. The van der Waals surface area contributed by atoms with Crippen molar-refractivity contribution < 1.29 is 14.1 Å². The standard InChI is InChI=1S/C22H40N6O3/c1-7-18-17(19(8-2)31-26-18)16-25-20(23-6)24-10-9-11-27-12-14-28(15-13-27)21(29)30-22(3,4)5/h7-16H2,1-6H3,(H2,23,24,25). The lowest BCUT2D eigenvalue weighted by Crippen LogP contribution is -2.50. The van der Waals surface area contributed by atoms with E-state index in [1.807, 2.05) is 20.8 Å². The van der Waals surface area contributed by atoms with Gasteiger partial charge in [-0.15, -0.1) is 0 Å². The number of piperazine rings is 1. The Labute approximate surface area is 186 Å². The largest absolute Gasteiger partial charge is 0.444 e. The molecule has 0 bridgehead atoms. The Hall–Kier alpha value is -2.29. The number of aromatic nitrogens is 1. The predicted molar refractivity (Wildman–Crippen MR) is 122 cm³/mol. The number of rotatable bonds is 8. The smallest absolute Gasteiger partial charge is 0.410 e. The topological polar surface area (TPSA) is 95.2 Å². The van der Waals surface area contributed by atoms with Crippen molar-refractivity contribution in [3.05, 3.63) is 17.0 Å². The first-order chi connectivity index (χ1) is 14.8. The molecular formula is C22H40N6O3. The van der Waals surface area contributed by atoms with E-state index in [2.05, 4.69) is 39.5 Å². The summed E-state index contributed by atoms with van der Waals surface area (Å²) in [6, 6.07) is 0. The van der Waals surface area contributed by atoms with Crippen LogP contribution in [0.25, 0.3) is 0 Å². The van der Waals surface area contributed by atoms with Crippen LogP contribution in [0.2, 0.25) is 0 Å². The highest BCUT2D eigenvalue weighted by molar-refractivity contribution is 5.79. The Kier molecular flexibility index (Phi) is 9.61. The summed E-state index contributed by atoms with van der Waals surface area (Å²) in [4.78, 5) is 20.7. The number of amides is 1. The number of carbonyl (C=O) groups excluding carboxylic acids is 1.